The van der Waals surface area contributed by atoms with Crippen molar-refractivity contribution in [1.82, 2.24) is 4.90 Å². The quantitative estimate of drug-likeness (QED) is 0.741. The average Bonchev–Trinajstić information content (AvgIpc) is 2.25. The topological polar surface area (TPSA) is 20.3 Å². The molecule has 0 aliphatic carbocycles. The lowest BCUT2D eigenvalue weighted by Gasteiger charge is -2.18. The highest BCUT2D eigenvalue weighted by molar-refractivity contribution is 9.10. The molecule has 1 amide bonds. The fraction of sp³-hybridized carbons (Fsp3) is 0.417. The van der Waals surface area contributed by atoms with E-state index >= 15 is 0 Å². The Kier molecular flexibility index (Phi) is 5.59. The van der Waals surface area contributed by atoms with Gasteiger partial charge in [0.05, 0.1) is 5.56 Å². The molecule has 0 fully saturated rings. The van der Waals surface area contributed by atoms with E-state index in [0.29, 0.717) is 15.8 Å². The van der Waals surface area contributed by atoms with Gasteiger partial charge in [-0.1, -0.05) is 38.8 Å². The number of hydrogen-bond acceptors (Lipinski definition) is 1. The third-order valence-electron chi connectivity index (χ3n) is 2.37. The van der Waals surface area contributed by atoms with Gasteiger partial charge >= 0.3 is 0 Å². The average molecular weight is 367 g/mol. The summed E-state index contributed by atoms with van der Waals surface area (Å²) in [5, 5.41) is 0. The van der Waals surface area contributed by atoms with Crippen LogP contribution >= 0.6 is 31.9 Å². The summed E-state index contributed by atoms with van der Waals surface area (Å²) in [6, 6.07) is 4.46. The summed E-state index contributed by atoms with van der Waals surface area (Å²) < 4.78 is 14.2. The maximum Gasteiger partial charge on any atom is 0.256 e. The lowest BCUT2D eigenvalue weighted by molar-refractivity contribution is 0.0789. The Morgan fingerprint density at radius 3 is 2.71 bits per heavy atom. The number of benzene rings is 1. The summed E-state index contributed by atoms with van der Waals surface area (Å²) in [6.45, 7) is 2.61. The lowest BCUT2D eigenvalue weighted by Crippen LogP contribution is -2.29. The summed E-state index contributed by atoms with van der Waals surface area (Å²) in [7, 11) is 1.68. The minimum Gasteiger partial charge on any atom is -0.342 e. The molecular weight excluding hydrogens is 353 g/mol. The number of halogens is 3. The lowest BCUT2D eigenvalue weighted by atomic mass is 10.2. The molecule has 0 saturated heterocycles. The van der Waals surface area contributed by atoms with Crippen LogP contribution in [0.3, 0.4) is 0 Å². The Morgan fingerprint density at radius 2 is 2.18 bits per heavy atom. The number of hydrogen-bond donors (Lipinski definition) is 0. The minimum atomic E-state index is -0.497. The van der Waals surface area contributed by atoms with Crippen molar-refractivity contribution in [1.29, 1.82) is 0 Å². The van der Waals surface area contributed by atoms with Crippen molar-refractivity contribution in [2.45, 2.75) is 18.2 Å². The molecule has 2 nitrogen and oxygen atoms in total. The Balaban J connectivity index is 2.75. The first-order valence-electron chi connectivity index (χ1n) is 5.26. The van der Waals surface area contributed by atoms with E-state index in [4.69, 9.17) is 0 Å². The zero-order chi connectivity index (χ0) is 13.0. The molecule has 0 bridgehead atoms. The van der Waals surface area contributed by atoms with Crippen LogP contribution in [0.2, 0.25) is 0 Å². The van der Waals surface area contributed by atoms with Gasteiger partial charge in [-0.05, 0) is 24.6 Å². The molecule has 1 aromatic carbocycles. The van der Waals surface area contributed by atoms with Gasteiger partial charge in [0, 0.05) is 22.9 Å². The molecule has 17 heavy (non-hydrogen) atoms. The van der Waals surface area contributed by atoms with Gasteiger partial charge < -0.3 is 4.90 Å². The van der Waals surface area contributed by atoms with Crippen molar-refractivity contribution in [2.24, 2.45) is 0 Å². The largest absolute Gasteiger partial charge is 0.342 e. The molecule has 0 spiro atoms. The number of carbonyl (C=O) groups excluding carboxylic acids is 1. The van der Waals surface area contributed by atoms with Crippen molar-refractivity contribution in [3.05, 3.63) is 34.1 Å². The van der Waals surface area contributed by atoms with Crippen molar-refractivity contribution in [3.63, 3.8) is 0 Å². The fourth-order valence-corrected chi connectivity index (χ4v) is 1.88. The van der Waals surface area contributed by atoms with Crippen molar-refractivity contribution >= 4 is 37.8 Å². The summed E-state index contributed by atoms with van der Waals surface area (Å²) >= 11 is 6.58. The summed E-state index contributed by atoms with van der Waals surface area (Å²) in [6.07, 6.45) is 0.834. The maximum absolute atomic E-state index is 13.6. The van der Waals surface area contributed by atoms with Crippen LogP contribution in [0.25, 0.3) is 0 Å². The first-order valence-corrected chi connectivity index (χ1v) is 6.97. The Bertz CT molecular complexity index is 409. The van der Waals surface area contributed by atoms with Crippen molar-refractivity contribution in [2.75, 3.05) is 13.6 Å². The van der Waals surface area contributed by atoms with E-state index in [1.54, 1.807) is 13.1 Å². The van der Waals surface area contributed by atoms with Crippen LogP contribution in [-0.4, -0.2) is 29.2 Å². The SMILES string of the molecule is CC(Br)CCN(C)C(=O)c1ccc(Br)cc1F. The van der Waals surface area contributed by atoms with E-state index in [-0.39, 0.29) is 11.5 Å². The molecule has 94 valence electrons. The Labute approximate surface area is 117 Å². The molecule has 1 atom stereocenters. The van der Waals surface area contributed by atoms with E-state index in [1.165, 1.54) is 17.0 Å². The van der Waals surface area contributed by atoms with Crippen molar-refractivity contribution in [3.8, 4) is 0 Å². The molecule has 0 N–H and O–H groups in total. The van der Waals surface area contributed by atoms with Gasteiger partial charge in [0.15, 0.2) is 0 Å². The molecule has 0 heterocycles. The molecule has 0 aliphatic heterocycles. The molecule has 0 radical (unpaired) electrons. The number of rotatable bonds is 4. The van der Waals surface area contributed by atoms with Crippen LogP contribution in [0.5, 0.6) is 0 Å². The molecule has 0 aromatic heterocycles. The van der Waals surface area contributed by atoms with E-state index < -0.39 is 5.82 Å². The van der Waals surface area contributed by atoms with Crippen LogP contribution in [-0.2, 0) is 0 Å². The molecule has 0 aliphatic rings. The van der Waals surface area contributed by atoms with Gasteiger partial charge in [0.2, 0.25) is 0 Å². The normalized spacial score (nSPS) is 12.3. The van der Waals surface area contributed by atoms with E-state index in [9.17, 15) is 9.18 Å². The smallest absolute Gasteiger partial charge is 0.256 e. The van der Waals surface area contributed by atoms with E-state index in [1.807, 2.05) is 6.92 Å². The predicted octanol–water partition coefficient (Wildman–Crippen LogP) is 3.83. The molecule has 5 heteroatoms. The number of alkyl halides is 1. The molecule has 1 unspecified atom stereocenters. The van der Waals surface area contributed by atoms with Gasteiger partial charge in [0.25, 0.3) is 5.91 Å². The van der Waals surface area contributed by atoms with Crippen LogP contribution in [0.1, 0.15) is 23.7 Å². The van der Waals surface area contributed by atoms with Gasteiger partial charge in [-0.25, -0.2) is 4.39 Å². The van der Waals surface area contributed by atoms with Gasteiger partial charge in [0.1, 0.15) is 5.82 Å². The highest BCUT2D eigenvalue weighted by atomic mass is 79.9. The standard InChI is InChI=1S/C12H14Br2FNO/c1-8(13)5-6-16(2)12(17)10-4-3-9(14)7-11(10)15/h3-4,7-8H,5-6H2,1-2H3. The first-order chi connectivity index (χ1) is 7.91. The summed E-state index contributed by atoms with van der Waals surface area (Å²) in [4.78, 5) is 13.8. The number of amides is 1. The molecule has 1 rings (SSSR count). The molecule has 0 saturated carbocycles. The summed E-state index contributed by atoms with van der Waals surface area (Å²) in [5.74, 6) is -0.786. The van der Waals surface area contributed by atoms with E-state index in [0.717, 1.165) is 6.42 Å². The highest BCUT2D eigenvalue weighted by Crippen LogP contribution is 2.17. The summed E-state index contributed by atoms with van der Waals surface area (Å²) in [5.41, 5.74) is 0.109. The Morgan fingerprint density at radius 1 is 1.53 bits per heavy atom. The second-order valence-electron chi connectivity index (χ2n) is 3.92. The van der Waals surface area contributed by atoms with Crippen LogP contribution in [0, 0.1) is 5.82 Å². The highest BCUT2D eigenvalue weighted by Gasteiger charge is 2.16. The number of carbonyl (C=O) groups is 1. The molecular formula is C12H14Br2FNO. The second-order valence-corrected chi connectivity index (χ2v) is 6.40. The zero-order valence-corrected chi connectivity index (χ0v) is 12.9. The van der Waals surface area contributed by atoms with Gasteiger partial charge in [-0.3, -0.25) is 4.79 Å². The van der Waals surface area contributed by atoms with Gasteiger partial charge in [-0.15, -0.1) is 0 Å². The first kappa shape index (κ1) is 14.6. The monoisotopic (exact) mass is 365 g/mol. The zero-order valence-electron chi connectivity index (χ0n) is 9.71. The van der Waals surface area contributed by atoms with Crippen LogP contribution in [0.15, 0.2) is 22.7 Å². The number of nitrogens with zero attached hydrogens (tertiary/aromatic N) is 1. The Hall–Kier alpha value is -0.420. The van der Waals surface area contributed by atoms with Gasteiger partial charge in [-0.2, -0.15) is 0 Å². The minimum absolute atomic E-state index is 0.109. The fourth-order valence-electron chi connectivity index (χ4n) is 1.34. The third kappa shape index (κ3) is 4.39. The maximum atomic E-state index is 13.6. The van der Waals surface area contributed by atoms with Crippen LogP contribution < -0.4 is 0 Å². The molecule has 1 aromatic rings. The van der Waals surface area contributed by atoms with E-state index in [2.05, 4.69) is 31.9 Å². The second kappa shape index (κ2) is 6.50. The van der Waals surface area contributed by atoms with Crippen molar-refractivity contribution < 1.29 is 9.18 Å². The third-order valence-corrected chi connectivity index (χ3v) is 3.32. The van der Waals surface area contributed by atoms with Crippen LogP contribution in [0.4, 0.5) is 4.39 Å². The predicted molar refractivity (Wildman–Crippen MR) is 74.1 cm³/mol.